The number of hydrogen-bond acceptors (Lipinski definition) is 4. The van der Waals surface area contributed by atoms with Crippen LogP contribution in [0.15, 0.2) is 65.3 Å². The van der Waals surface area contributed by atoms with Crippen molar-refractivity contribution < 1.29 is 9.34 Å². The quantitative estimate of drug-likeness (QED) is 0.527. The third-order valence-electron chi connectivity index (χ3n) is 3.14. The molecule has 0 spiro atoms. The van der Waals surface area contributed by atoms with Crippen LogP contribution < -0.4 is 0 Å². The van der Waals surface area contributed by atoms with Gasteiger partial charge in [-0.1, -0.05) is 6.08 Å². The minimum absolute atomic E-state index is 0.0631. The molecule has 3 aromatic rings. The Morgan fingerprint density at radius 2 is 1.68 bits per heavy atom. The van der Waals surface area contributed by atoms with Gasteiger partial charge in [0, 0.05) is 30.1 Å². The molecule has 0 atom stereocenters. The van der Waals surface area contributed by atoms with E-state index in [4.69, 9.17) is 4.42 Å². The summed E-state index contributed by atoms with van der Waals surface area (Å²) in [5.74, 6) is 1.38. The molecule has 1 aromatic carbocycles. The SMILES string of the molecule is O=[N+]([O-])c1ccc(-c2ccc(/C=C/c3ccncc3)o2)cc1. The molecule has 0 radical (unpaired) electrons. The van der Waals surface area contributed by atoms with Gasteiger partial charge in [0.2, 0.25) is 0 Å². The van der Waals surface area contributed by atoms with Gasteiger partial charge in [0.1, 0.15) is 11.5 Å². The van der Waals surface area contributed by atoms with Crippen molar-refractivity contribution in [2.24, 2.45) is 0 Å². The molecule has 0 saturated carbocycles. The Hall–Kier alpha value is -3.21. The zero-order valence-corrected chi connectivity index (χ0v) is 11.5. The van der Waals surface area contributed by atoms with Crippen molar-refractivity contribution in [2.75, 3.05) is 0 Å². The van der Waals surface area contributed by atoms with Crippen LogP contribution >= 0.6 is 0 Å². The van der Waals surface area contributed by atoms with Crippen LogP contribution in [0.4, 0.5) is 5.69 Å². The summed E-state index contributed by atoms with van der Waals surface area (Å²) in [5.41, 5.74) is 1.89. The second-order valence-electron chi connectivity index (χ2n) is 4.62. The number of nitro benzene ring substituents is 1. The number of rotatable bonds is 4. The van der Waals surface area contributed by atoms with E-state index in [-0.39, 0.29) is 5.69 Å². The molecule has 0 aliphatic rings. The summed E-state index contributed by atoms with van der Waals surface area (Å²) in [6.07, 6.45) is 7.25. The smallest absolute Gasteiger partial charge is 0.269 e. The molecule has 2 heterocycles. The minimum atomic E-state index is -0.422. The molecular formula is C17H12N2O3. The molecule has 0 unspecified atom stereocenters. The Balaban J connectivity index is 1.79. The second kappa shape index (κ2) is 6.05. The first-order valence-corrected chi connectivity index (χ1v) is 6.65. The fourth-order valence-corrected chi connectivity index (χ4v) is 2.00. The van der Waals surface area contributed by atoms with Crippen LogP contribution in [0.1, 0.15) is 11.3 Å². The van der Waals surface area contributed by atoms with Gasteiger partial charge in [-0.2, -0.15) is 0 Å². The average Bonchev–Trinajstić information content (AvgIpc) is 3.03. The van der Waals surface area contributed by atoms with Crippen molar-refractivity contribution in [1.29, 1.82) is 0 Å². The zero-order valence-electron chi connectivity index (χ0n) is 11.5. The van der Waals surface area contributed by atoms with Crippen LogP contribution in [-0.2, 0) is 0 Å². The third-order valence-corrected chi connectivity index (χ3v) is 3.14. The minimum Gasteiger partial charge on any atom is -0.457 e. The largest absolute Gasteiger partial charge is 0.457 e. The van der Waals surface area contributed by atoms with Crippen LogP contribution in [0.2, 0.25) is 0 Å². The Kier molecular flexibility index (Phi) is 3.78. The summed E-state index contributed by atoms with van der Waals surface area (Å²) in [5, 5.41) is 10.6. The third kappa shape index (κ3) is 3.09. The van der Waals surface area contributed by atoms with E-state index in [0.717, 1.165) is 11.1 Å². The molecule has 0 fully saturated rings. The number of furan rings is 1. The number of hydrogen-bond donors (Lipinski definition) is 0. The lowest BCUT2D eigenvalue weighted by Crippen LogP contribution is -1.86. The number of non-ortho nitro benzene ring substituents is 1. The van der Waals surface area contributed by atoms with Crippen LogP contribution in [-0.4, -0.2) is 9.91 Å². The summed E-state index contributed by atoms with van der Waals surface area (Å²) in [4.78, 5) is 14.2. The predicted octanol–water partition coefficient (Wildman–Crippen LogP) is 4.42. The van der Waals surface area contributed by atoms with Gasteiger partial charge in [0.25, 0.3) is 5.69 Å². The molecule has 0 N–H and O–H groups in total. The maximum Gasteiger partial charge on any atom is 0.269 e. The van der Waals surface area contributed by atoms with E-state index in [2.05, 4.69) is 4.98 Å². The average molecular weight is 292 g/mol. The van der Waals surface area contributed by atoms with Crippen molar-refractivity contribution in [1.82, 2.24) is 4.98 Å². The molecule has 2 aromatic heterocycles. The highest BCUT2D eigenvalue weighted by Crippen LogP contribution is 2.25. The number of aromatic nitrogens is 1. The van der Waals surface area contributed by atoms with E-state index >= 15 is 0 Å². The Morgan fingerprint density at radius 1 is 0.955 bits per heavy atom. The summed E-state index contributed by atoms with van der Waals surface area (Å²) < 4.78 is 5.72. The normalized spacial score (nSPS) is 10.9. The molecule has 5 nitrogen and oxygen atoms in total. The maximum atomic E-state index is 10.6. The van der Waals surface area contributed by atoms with E-state index in [1.165, 1.54) is 12.1 Å². The highest BCUT2D eigenvalue weighted by molar-refractivity contribution is 5.69. The molecular weight excluding hydrogens is 280 g/mol. The molecule has 22 heavy (non-hydrogen) atoms. The van der Waals surface area contributed by atoms with Crippen molar-refractivity contribution >= 4 is 17.8 Å². The number of nitrogens with zero attached hydrogens (tertiary/aromatic N) is 2. The Morgan fingerprint density at radius 3 is 2.36 bits per heavy atom. The van der Waals surface area contributed by atoms with E-state index in [9.17, 15) is 10.1 Å². The van der Waals surface area contributed by atoms with Crippen molar-refractivity contribution in [2.45, 2.75) is 0 Å². The molecule has 0 aliphatic carbocycles. The van der Waals surface area contributed by atoms with Crippen LogP contribution in [0, 0.1) is 10.1 Å². The zero-order chi connectivity index (χ0) is 15.4. The lowest BCUT2D eigenvalue weighted by Gasteiger charge is -1.96. The fraction of sp³-hybridized carbons (Fsp3) is 0. The summed E-state index contributed by atoms with van der Waals surface area (Å²) in [6, 6.07) is 13.8. The van der Waals surface area contributed by atoms with Gasteiger partial charge in [0.05, 0.1) is 4.92 Å². The topological polar surface area (TPSA) is 69.2 Å². The summed E-state index contributed by atoms with van der Waals surface area (Å²) >= 11 is 0. The van der Waals surface area contributed by atoms with Gasteiger partial charge < -0.3 is 4.42 Å². The lowest BCUT2D eigenvalue weighted by molar-refractivity contribution is -0.384. The fourth-order valence-electron chi connectivity index (χ4n) is 2.00. The Bertz CT molecular complexity index is 805. The lowest BCUT2D eigenvalue weighted by atomic mass is 10.1. The highest BCUT2D eigenvalue weighted by atomic mass is 16.6. The number of pyridine rings is 1. The van der Waals surface area contributed by atoms with Gasteiger partial charge >= 0.3 is 0 Å². The van der Waals surface area contributed by atoms with Crippen molar-refractivity contribution in [3.8, 4) is 11.3 Å². The standard InChI is InChI=1S/C17H12N2O3/c20-19(21)15-4-2-14(3-5-15)17-8-7-16(22-17)6-1-13-9-11-18-12-10-13/h1-12H/b6-1+. The predicted molar refractivity (Wildman–Crippen MR) is 84.0 cm³/mol. The summed E-state index contributed by atoms with van der Waals surface area (Å²) in [7, 11) is 0. The molecule has 0 amide bonds. The summed E-state index contributed by atoms with van der Waals surface area (Å²) in [6.45, 7) is 0. The first kappa shape index (κ1) is 13.8. The first-order chi connectivity index (χ1) is 10.7. The second-order valence-corrected chi connectivity index (χ2v) is 4.62. The van der Waals surface area contributed by atoms with Crippen molar-refractivity contribution in [3.63, 3.8) is 0 Å². The number of nitro groups is 1. The van der Waals surface area contributed by atoms with Crippen molar-refractivity contribution in [3.05, 3.63) is 82.4 Å². The van der Waals surface area contributed by atoms with Crippen LogP contribution in [0.3, 0.4) is 0 Å². The maximum absolute atomic E-state index is 10.6. The number of benzene rings is 1. The molecule has 0 aliphatic heterocycles. The van der Waals surface area contributed by atoms with E-state index in [0.29, 0.717) is 11.5 Å². The van der Waals surface area contributed by atoms with Crippen LogP contribution in [0.25, 0.3) is 23.5 Å². The van der Waals surface area contributed by atoms with Gasteiger partial charge in [0.15, 0.2) is 0 Å². The van der Waals surface area contributed by atoms with Gasteiger partial charge in [-0.3, -0.25) is 15.1 Å². The van der Waals surface area contributed by atoms with E-state index < -0.39 is 4.92 Å². The highest BCUT2D eigenvalue weighted by Gasteiger charge is 2.07. The van der Waals surface area contributed by atoms with E-state index in [1.54, 1.807) is 24.5 Å². The molecule has 5 heteroatoms. The monoisotopic (exact) mass is 292 g/mol. The Labute approximate surface area is 126 Å². The van der Waals surface area contributed by atoms with Gasteiger partial charge in [-0.15, -0.1) is 0 Å². The first-order valence-electron chi connectivity index (χ1n) is 6.65. The van der Waals surface area contributed by atoms with Crippen LogP contribution in [0.5, 0.6) is 0 Å². The van der Waals surface area contributed by atoms with Gasteiger partial charge in [-0.05, 0) is 48.0 Å². The molecule has 108 valence electrons. The molecule has 0 bridgehead atoms. The molecule has 0 saturated heterocycles. The van der Waals surface area contributed by atoms with Gasteiger partial charge in [-0.25, -0.2) is 0 Å². The molecule has 3 rings (SSSR count). The van der Waals surface area contributed by atoms with E-state index in [1.807, 2.05) is 36.4 Å².